The summed E-state index contributed by atoms with van der Waals surface area (Å²) in [5.74, 6) is 0.357. The number of hydrogen-bond acceptors (Lipinski definition) is 4. The zero-order valence-electron chi connectivity index (χ0n) is 25.1. The van der Waals surface area contributed by atoms with Crippen LogP contribution in [0.25, 0.3) is 0 Å². The molecule has 0 bridgehead atoms. The number of aliphatic hydroxyl groups is 2. The second-order valence-corrected chi connectivity index (χ2v) is 16.5. The van der Waals surface area contributed by atoms with Crippen LogP contribution < -0.4 is 10.4 Å². The molecule has 0 unspecified atom stereocenters. The van der Waals surface area contributed by atoms with E-state index in [0.717, 1.165) is 22.3 Å². The van der Waals surface area contributed by atoms with E-state index in [1.54, 1.807) is 0 Å². The molecule has 40 heavy (non-hydrogen) atoms. The van der Waals surface area contributed by atoms with E-state index in [1.165, 1.54) is 10.4 Å². The molecule has 0 saturated heterocycles. The van der Waals surface area contributed by atoms with Gasteiger partial charge >= 0.3 is 0 Å². The highest BCUT2D eigenvalue weighted by Gasteiger charge is 2.50. The van der Waals surface area contributed by atoms with Gasteiger partial charge in [-0.1, -0.05) is 95.3 Å². The van der Waals surface area contributed by atoms with Crippen LogP contribution in [0, 0.1) is 19.8 Å². The molecule has 3 aromatic rings. The van der Waals surface area contributed by atoms with Crippen molar-refractivity contribution in [1.29, 1.82) is 0 Å². The molecule has 214 valence electrons. The van der Waals surface area contributed by atoms with Gasteiger partial charge in [-0.05, 0) is 75.6 Å². The number of phenolic OH excluding ortho intramolecular Hbond substituents is 1. The summed E-state index contributed by atoms with van der Waals surface area (Å²) in [6.07, 6.45) is 1.41. The van der Waals surface area contributed by atoms with Crippen LogP contribution in [-0.2, 0) is 4.43 Å². The number of phenols is 1. The number of aryl methyl sites for hydroxylation is 2. The number of hydrogen-bond donors (Lipinski definition) is 3. The Morgan fingerprint density at radius 1 is 0.900 bits per heavy atom. The third kappa shape index (κ3) is 7.42. The molecular weight excluding hydrogens is 512 g/mol. The number of benzene rings is 3. The molecule has 3 rings (SSSR count). The van der Waals surface area contributed by atoms with Gasteiger partial charge in [-0.2, -0.15) is 0 Å². The monoisotopic (exact) mass is 558 g/mol. The Hall–Kier alpha value is -2.92. The fraction of sp³-hybridized carbons (Fsp3) is 0.400. The average molecular weight is 559 g/mol. The number of aliphatic hydroxyl groups excluding tert-OH is 2. The van der Waals surface area contributed by atoms with E-state index >= 15 is 0 Å². The van der Waals surface area contributed by atoms with Crippen molar-refractivity contribution < 1.29 is 19.7 Å². The van der Waals surface area contributed by atoms with Crippen molar-refractivity contribution in [3.05, 3.63) is 107 Å². The van der Waals surface area contributed by atoms with Crippen molar-refractivity contribution >= 4 is 18.7 Å². The van der Waals surface area contributed by atoms with Crippen molar-refractivity contribution in [3.8, 4) is 5.75 Å². The molecule has 0 spiro atoms. The smallest absolute Gasteiger partial charge is 0.261 e. The molecule has 2 atom stereocenters. The summed E-state index contributed by atoms with van der Waals surface area (Å²) < 4.78 is 7.11. The van der Waals surface area contributed by atoms with E-state index in [9.17, 15) is 15.3 Å². The highest BCUT2D eigenvalue weighted by Crippen LogP contribution is 2.37. The standard InChI is InChI=1S/C35H46O4Si/c1-25(2)33(37)23-28(15-14-20-32(36)29-21-26(3)34(38)27(4)22-29)24-39-40(35(5,6)7,30-16-10-8-11-17-30)31-18-12-9-13-19-31/h8-14,16-19,21-22,25,32-33,36-38H,20,23-24H2,1-7H3/t15?,32-,33-/m1/s1. The highest BCUT2D eigenvalue weighted by molar-refractivity contribution is 6.99. The van der Waals surface area contributed by atoms with Crippen LogP contribution in [0.3, 0.4) is 0 Å². The molecule has 0 radical (unpaired) electrons. The largest absolute Gasteiger partial charge is 0.507 e. The normalized spacial score (nSPS) is 13.6. The Labute approximate surface area is 241 Å². The van der Waals surface area contributed by atoms with Crippen molar-refractivity contribution in [1.82, 2.24) is 0 Å². The molecule has 5 heteroatoms. The molecule has 0 aliphatic rings. The number of rotatable bonds is 11. The molecule has 0 aromatic heterocycles. The van der Waals surface area contributed by atoms with Crippen molar-refractivity contribution in [3.63, 3.8) is 0 Å². The van der Waals surface area contributed by atoms with Crippen molar-refractivity contribution in [2.24, 2.45) is 5.92 Å². The highest BCUT2D eigenvalue weighted by atomic mass is 28.4. The summed E-state index contributed by atoms with van der Waals surface area (Å²) in [6.45, 7) is 14.8. The van der Waals surface area contributed by atoms with Crippen LogP contribution in [0.15, 0.2) is 90.2 Å². The molecule has 0 aliphatic heterocycles. The summed E-state index contributed by atoms with van der Waals surface area (Å²) >= 11 is 0. The topological polar surface area (TPSA) is 69.9 Å². The van der Waals surface area contributed by atoms with E-state index in [4.69, 9.17) is 4.43 Å². The SMILES string of the molecule is Cc1cc([C@H](O)CC=C=C(CO[Si](c2ccccc2)(c2ccccc2)C(C)(C)C)C[C@@H](O)C(C)C)cc(C)c1O. The Bertz CT molecular complexity index is 1240. The quantitative estimate of drug-likeness (QED) is 0.186. The van der Waals surface area contributed by atoms with Gasteiger partial charge in [-0.3, -0.25) is 0 Å². The summed E-state index contributed by atoms with van der Waals surface area (Å²) in [5, 5.41) is 34.0. The van der Waals surface area contributed by atoms with Gasteiger partial charge < -0.3 is 19.7 Å². The minimum Gasteiger partial charge on any atom is -0.507 e. The van der Waals surface area contributed by atoms with Crippen molar-refractivity contribution in [2.45, 2.75) is 78.6 Å². The van der Waals surface area contributed by atoms with Crippen LogP contribution in [0.2, 0.25) is 5.04 Å². The summed E-state index contributed by atoms with van der Waals surface area (Å²) in [7, 11) is -2.75. The van der Waals surface area contributed by atoms with Gasteiger partial charge in [0.25, 0.3) is 8.32 Å². The van der Waals surface area contributed by atoms with Gasteiger partial charge in [0.05, 0.1) is 18.8 Å². The van der Waals surface area contributed by atoms with E-state index in [1.807, 2.05) is 58.0 Å². The minimum atomic E-state index is -2.75. The fourth-order valence-corrected chi connectivity index (χ4v) is 9.78. The van der Waals surface area contributed by atoms with Gasteiger partial charge in [-0.15, -0.1) is 5.73 Å². The molecule has 0 aliphatic carbocycles. The predicted molar refractivity (Wildman–Crippen MR) is 168 cm³/mol. The molecule has 0 amide bonds. The van der Waals surface area contributed by atoms with Crippen LogP contribution in [0.1, 0.15) is 70.3 Å². The molecule has 3 N–H and O–H groups in total. The first-order valence-electron chi connectivity index (χ1n) is 14.2. The Morgan fingerprint density at radius 3 is 1.85 bits per heavy atom. The first-order valence-corrected chi connectivity index (χ1v) is 16.1. The van der Waals surface area contributed by atoms with Gasteiger partial charge in [0.2, 0.25) is 0 Å². The lowest BCUT2D eigenvalue weighted by Gasteiger charge is -2.43. The van der Waals surface area contributed by atoms with Gasteiger partial charge in [0.15, 0.2) is 0 Å². The second-order valence-electron chi connectivity index (χ2n) is 12.2. The third-order valence-corrected chi connectivity index (χ3v) is 12.6. The van der Waals surface area contributed by atoms with E-state index < -0.39 is 20.5 Å². The number of aromatic hydroxyl groups is 1. The van der Waals surface area contributed by atoms with Gasteiger partial charge in [0, 0.05) is 12.8 Å². The van der Waals surface area contributed by atoms with Gasteiger partial charge in [-0.25, -0.2) is 0 Å². The van der Waals surface area contributed by atoms with Crippen molar-refractivity contribution in [2.75, 3.05) is 6.61 Å². The summed E-state index contributed by atoms with van der Waals surface area (Å²) in [4.78, 5) is 0. The summed E-state index contributed by atoms with van der Waals surface area (Å²) in [5.41, 5.74) is 6.52. The maximum atomic E-state index is 10.9. The zero-order valence-corrected chi connectivity index (χ0v) is 26.1. The maximum absolute atomic E-state index is 10.9. The van der Waals surface area contributed by atoms with Crippen LogP contribution in [0.4, 0.5) is 0 Å². The van der Waals surface area contributed by atoms with E-state index in [0.29, 0.717) is 19.4 Å². The molecule has 0 fully saturated rings. The van der Waals surface area contributed by atoms with Gasteiger partial charge in [0.1, 0.15) is 5.75 Å². The molecule has 4 nitrogen and oxygen atoms in total. The van der Waals surface area contributed by atoms with Crippen LogP contribution in [-0.4, -0.2) is 36.3 Å². The molecular formula is C35H46O4Si. The lowest BCUT2D eigenvalue weighted by Crippen LogP contribution is -2.66. The Morgan fingerprint density at radius 2 is 1.40 bits per heavy atom. The molecule has 0 heterocycles. The second kappa shape index (κ2) is 13.6. The first-order chi connectivity index (χ1) is 18.9. The van der Waals surface area contributed by atoms with Crippen LogP contribution >= 0.6 is 0 Å². The fourth-order valence-electron chi connectivity index (χ4n) is 5.24. The average Bonchev–Trinajstić information content (AvgIpc) is 2.91. The third-order valence-electron chi connectivity index (χ3n) is 7.65. The van der Waals surface area contributed by atoms with Crippen LogP contribution in [0.5, 0.6) is 5.75 Å². The lowest BCUT2D eigenvalue weighted by molar-refractivity contribution is 0.122. The minimum absolute atomic E-state index is 0.0956. The zero-order chi connectivity index (χ0) is 29.5. The maximum Gasteiger partial charge on any atom is 0.261 e. The van der Waals surface area contributed by atoms with E-state index in [-0.39, 0.29) is 16.7 Å². The van der Waals surface area contributed by atoms with E-state index in [2.05, 4.69) is 75.0 Å². The summed E-state index contributed by atoms with van der Waals surface area (Å²) in [6, 6.07) is 24.7. The first kappa shape index (κ1) is 31.6. The predicted octanol–water partition coefficient (Wildman–Crippen LogP) is 6.50. The lowest BCUT2D eigenvalue weighted by atomic mass is 9.99. The molecule has 3 aromatic carbocycles. The molecule has 0 saturated carbocycles. The Kier molecular flexibility index (Phi) is 10.8. The Balaban J connectivity index is 1.99.